The lowest BCUT2D eigenvalue weighted by molar-refractivity contribution is 0.296. The number of hydrogen-bond donors (Lipinski definition) is 0. The molecule has 1 aromatic carbocycles. The van der Waals surface area contributed by atoms with Crippen molar-refractivity contribution in [1.82, 2.24) is 4.31 Å². The van der Waals surface area contributed by atoms with E-state index in [9.17, 15) is 16.8 Å². The van der Waals surface area contributed by atoms with E-state index < -0.39 is 25.1 Å². The molecule has 1 saturated heterocycles. The van der Waals surface area contributed by atoms with E-state index in [1.807, 2.05) is 18.2 Å². The van der Waals surface area contributed by atoms with Gasteiger partial charge in [-0.15, -0.1) is 0 Å². The molecule has 8 heteroatoms. The highest BCUT2D eigenvalue weighted by atomic mass is 32.2. The van der Waals surface area contributed by atoms with Gasteiger partial charge in [-0.05, 0) is 25.0 Å². The van der Waals surface area contributed by atoms with Crippen molar-refractivity contribution >= 4 is 19.9 Å². The van der Waals surface area contributed by atoms with Gasteiger partial charge in [0.1, 0.15) is 12.4 Å². The van der Waals surface area contributed by atoms with Gasteiger partial charge in [-0.1, -0.05) is 37.5 Å². The lowest BCUT2D eigenvalue weighted by atomic mass is 10.0. The number of sulfonamides is 1. The Morgan fingerprint density at radius 2 is 1.56 bits per heavy atom. The Kier molecular flexibility index (Phi) is 5.70. The normalized spacial score (nSPS) is 21.0. The van der Waals surface area contributed by atoms with Gasteiger partial charge in [-0.25, -0.2) is 16.8 Å². The van der Waals surface area contributed by atoms with Crippen LogP contribution in [0.5, 0.6) is 5.75 Å². The molecule has 0 amide bonds. The monoisotopic (exact) mass is 387 g/mol. The zero-order valence-electron chi connectivity index (χ0n) is 14.2. The second-order valence-corrected chi connectivity index (χ2v) is 11.4. The summed E-state index contributed by atoms with van der Waals surface area (Å²) in [6.45, 7) is 0.238. The van der Waals surface area contributed by atoms with E-state index in [2.05, 4.69) is 0 Å². The molecule has 1 aliphatic heterocycles. The summed E-state index contributed by atoms with van der Waals surface area (Å²) in [6.07, 6.45) is 4.44. The van der Waals surface area contributed by atoms with Gasteiger partial charge in [0.25, 0.3) is 0 Å². The van der Waals surface area contributed by atoms with Crippen LogP contribution in [0.3, 0.4) is 0 Å². The first-order valence-electron chi connectivity index (χ1n) is 8.78. The van der Waals surface area contributed by atoms with Crippen molar-refractivity contribution in [2.75, 3.05) is 25.4 Å². The third-order valence-electron chi connectivity index (χ3n) is 5.04. The molecule has 2 fully saturated rings. The number of nitrogens with zero attached hydrogens (tertiary/aromatic N) is 1. The predicted molar refractivity (Wildman–Crippen MR) is 96.9 cm³/mol. The second kappa shape index (κ2) is 7.63. The molecule has 6 nitrogen and oxygen atoms in total. The highest BCUT2D eigenvalue weighted by Crippen LogP contribution is 2.30. The minimum atomic E-state index is -3.47. The van der Waals surface area contributed by atoms with Gasteiger partial charge >= 0.3 is 0 Å². The fourth-order valence-corrected chi connectivity index (χ4v) is 7.28. The quantitative estimate of drug-likeness (QED) is 0.713. The highest BCUT2D eigenvalue weighted by molar-refractivity contribution is 7.93. The van der Waals surface area contributed by atoms with Crippen molar-refractivity contribution in [2.24, 2.45) is 0 Å². The molecule has 1 saturated carbocycles. The molecular formula is C17H25NO5S2. The number of para-hydroxylation sites is 1. The average Bonchev–Trinajstić information content (AvgIpc) is 2.54. The van der Waals surface area contributed by atoms with Gasteiger partial charge in [0.15, 0.2) is 9.84 Å². The van der Waals surface area contributed by atoms with Crippen molar-refractivity contribution in [2.45, 2.75) is 42.6 Å². The molecular weight excluding hydrogens is 362 g/mol. The summed E-state index contributed by atoms with van der Waals surface area (Å²) in [5, 5.41) is -0.821. The smallest absolute Gasteiger partial charge is 0.217 e. The molecule has 2 aliphatic rings. The van der Waals surface area contributed by atoms with Crippen molar-refractivity contribution in [3.63, 3.8) is 0 Å². The second-order valence-electron chi connectivity index (χ2n) is 6.77. The van der Waals surface area contributed by atoms with Crippen LogP contribution in [0.25, 0.3) is 0 Å². The molecule has 0 N–H and O–H groups in total. The third kappa shape index (κ3) is 4.35. The maximum Gasteiger partial charge on any atom is 0.217 e. The van der Waals surface area contributed by atoms with Gasteiger partial charge in [0, 0.05) is 13.1 Å². The first-order chi connectivity index (χ1) is 11.9. The Morgan fingerprint density at radius 1 is 0.920 bits per heavy atom. The van der Waals surface area contributed by atoms with Crippen molar-refractivity contribution in [1.29, 1.82) is 0 Å². The molecule has 0 spiro atoms. The Balaban J connectivity index is 1.49. The molecule has 0 atom stereocenters. The highest BCUT2D eigenvalue weighted by Gasteiger charge is 2.45. The Bertz CT molecular complexity index is 765. The third-order valence-corrected chi connectivity index (χ3v) is 9.44. The summed E-state index contributed by atoms with van der Waals surface area (Å²) in [7, 11) is -6.69. The van der Waals surface area contributed by atoms with E-state index in [1.165, 1.54) is 4.31 Å². The van der Waals surface area contributed by atoms with Crippen LogP contribution in [0.4, 0.5) is 0 Å². The molecule has 0 radical (unpaired) electrons. The van der Waals surface area contributed by atoms with Crippen LogP contribution >= 0.6 is 0 Å². The van der Waals surface area contributed by atoms with E-state index in [4.69, 9.17) is 4.74 Å². The van der Waals surface area contributed by atoms with E-state index in [0.29, 0.717) is 5.75 Å². The number of rotatable bonds is 7. The molecule has 1 aliphatic carbocycles. The Morgan fingerprint density at radius 3 is 2.20 bits per heavy atom. The van der Waals surface area contributed by atoms with Crippen molar-refractivity contribution in [3.8, 4) is 5.75 Å². The summed E-state index contributed by atoms with van der Waals surface area (Å²) in [4.78, 5) is 0. The maximum atomic E-state index is 12.6. The minimum Gasteiger partial charge on any atom is -0.492 e. The van der Waals surface area contributed by atoms with E-state index in [0.717, 1.165) is 32.1 Å². The van der Waals surface area contributed by atoms with Crippen LogP contribution in [-0.2, 0) is 19.9 Å². The predicted octanol–water partition coefficient (Wildman–Crippen LogP) is 1.83. The fourth-order valence-electron chi connectivity index (χ4n) is 3.41. The average molecular weight is 388 g/mol. The van der Waals surface area contributed by atoms with Crippen LogP contribution in [-0.4, -0.2) is 57.1 Å². The molecule has 3 rings (SSSR count). The number of hydrogen-bond acceptors (Lipinski definition) is 5. The van der Waals surface area contributed by atoms with Crippen LogP contribution in [0.1, 0.15) is 32.1 Å². The largest absolute Gasteiger partial charge is 0.492 e. The lowest BCUT2D eigenvalue weighted by Gasteiger charge is -2.39. The van der Waals surface area contributed by atoms with E-state index >= 15 is 0 Å². The Hall–Kier alpha value is -1.12. The maximum absolute atomic E-state index is 12.6. The fraction of sp³-hybridized carbons (Fsp3) is 0.647. The number of benzene rings is 1. The first-order valence-corrected chi connectivity index (χ1v) is 12.0. The number of sulfone groups is 1. The molecule has 0 unspecified atom stereocenters. The molecule has 140 valence electrons. The van der Waals surface area contributed by atoms with Crippen LogP contribution < -0.4 is 4.74 Å². The summed E-state index contributed by atoms with van der Waals surface area (Å²) >= 11 is 0. The summed E-state index contributed by atoms with van der Waals surface area (Å²) in [6, 6.07) is 9.03. The minimum absolute atomic E-state index is 0.0584. The lowest BCUT2D eigenvalue weighted by Crippen LogP contribution is -2.59. The van der Waals surface area contributed by atoms with E-state index in [1.54, 1.807) is 12.1 Å². The topological polar surface area (TPSA) is 80.8 Å². The van der Waals surface area contributed by atoms with Gasteiger partial charge in [0.05, 0.1) is 16.3 Å². The standard InChI is InChI=1S/C17H25NO5S2/c19-24(20,12-11-23-15-7-3-1-4-8-15)18-13-17(14-18)25(21,22)16-9-5-2-6-10-16/h1,3-4,7-8,16-17H,2,5-6,9-14H2. The van der Waals surface area contributed by atoms with Gasteiger partial charge in [-0.3, -0.25) is 0 Å². The number of ether oxygens (including phenoxy) is 1. The van der Waals surface area contributed by atoms with Crippen LogP contribution in [0, 0.1) is 0 Å². The van der Waals surface area contributed by atoms with Gasteiger partial charge < -0.3 is 4.74 Å². The molecule has 1 aromatic rings. The molecule has 25 heavy (non-hydrogen) atoms. The summed E-state index contributed by atoms with van der Waals surface area (Å²) in [5.41, 5.74) is 0. The molecule has 0 bridgehead atoms. The first kappa shape index (κ1) is 18.7. The van der Waals surface area contributed by atoms with Crippen LogP contribution in [0.2, 0.25) is 0 Å². The zero-order valence-corrected chi connectivity index (χ0v) is 15.8. The SMILES string of the molecule is O=S(=O)(C1CCCCC1)C1CN(S(=O)(=O)CCOc2ccccc2)C1. The van der Waals surface area contributed by atoms with Crippen molar-refractivity contribution in [3.05, 3.63) is 30.3 Å². The van der Waals surface area contributed by atoms with Crippen LogP contribution in [0.15, 0.2) is 30.3 Å². The summed E-state index contributed by atoms with van der Waals surface area (Å²) < 4.78 is 56.5. The van der Waals surface area contributed by atoms with Gasteiger partial charge in [-0.2, -0.15) is 4.31 Å². The molecule has 1 heterocycles. The van der Waals surface area contributed by atoms with Crippen molar-refractivity contribution < 1.29 is 21.6 Å². The zero-order chi connectivity index (χ0) is 17.9. The van der Waals surface area contributed by atoms with Gasteiger partial charge in [0.2, 0.25) is 10.0 Å². The summed E-state index contributed by atoms with van der Waals surface area (Å²) in [5.74, 6) is 0.483. The Labute approximate surface area is 150 Å². The van der Waals surface area contributed by atoms with E-state index in [-0.39, 0.29) is 30.7 Å². The molecule has 0 aromatic heterocycles.